The number of nitrogens with zero attached hydrogens (tertiary/aromatic N) is 1. The number of halogens is 2. The molecule has 1 unspecified atom stereocenters. The lowest BCUT2D eigenvalue weighted by atomic mass is 9.82. The van der Waals surface area contributed by atoms with Crippen molar-refractivity contribution in [2.24, 2.45) is 0 Å². The first-order chi connectivity index (χ1) is 12.6. The third-order valence-corrected chi connectivity index (χ3v) is 4.64. The zero-order valence-electron chi connectivity index (χ0n) is 13.8. The molecule has 0 aliphatic heterocycles. The number of carbonyl (C=O) groups excluding carboxylic acids is 1. The van der Waals surface area contributed by atoms with Gasteiger partial charge in [-0.2, -0.15) is 0 Å². The van der Waals surface area contributed by atoms with Crippen molar-refractivity contribution < 1.29 is 13.6 Å². The van der Waals surface area contributed by atoms with Gasteiger partial charge in [-0.05, 0) is 29.2 Å². The van der Waals surface area contributed by atoms with Crippen LogP contribution < -0.4 is 0 Å². The van der Waals surface area contributed by atoms with Gasteiger partial charge in [-0.1, -0.05) is 54.6 Å². The van der Waals surface area contributed by atoms with Gasteiger partial charge in [-0.3, -0.25) is 4.79 Å². The molecule has 1 aliphatic carbocycles. The van der Waals surface area contributed by atoms with E-state index in [4.69, 9.17) is 0 Å². The van der Waals surface area contributed by atoms with Gasteiger partial charge < -0.3 is 4.98 Å². The Morgan fingerprint density at radius 2 is 1.81 bits per heavy atom. The molecule has 3 nitrogen and oxygen atoms in total. The smallest absolute Gasteiger partial charge is 0.279 e. The van der Waals surface area contributed by atoms with Crippen molar-refractivity contribution in [3.8, 4) is 11.4 Å². The zero-order valence-corrected chi connectivity index (χ0v) is 13.8. The average Bonchev–Trinajstić information content (AvgIpc) is 3.15. The first-order valence-corrected chi connectivity index (χ1v) is 8.35. The lowest BCUT2D eigenvalue weighted by Crippen LogP contribution is -2.17. The van der Waals surface area contributed by atoms with E-state index in [1.54, 1.807) is 6.08 Å². The molecule has 26 heavy (non-hydrogen) atoms. The van der Waals surface area contributed by atoms with E-state index >= 15 is 0 Å². The highest BCUT2D eigenvalue weighted by Gasteiger charge is 2.24. The Labute approximate surface area is 149 Å². The first kappa shape index (κ1) is 16.4. The van der Waals surface area contributed by atoms with Crippen LogP contribution in [0.25, 0.3) is 17.5 Å². The number of aromatic amines is 1. The number of ketones is 1. The summed E-state index contributed by atoms with van der Waals surface area (Å²) in [6, 6.07) is 15.4. The second kappa shape index (κ2) is 6.67. The van der Waals surface area contributed by atoms with Gasteiger partial charge in [-0.25, -0.2) is 13.8 Å². The van der Waals surface area contributed by atoms with E-state index in [1.807, 2.05) is 54.6 Å². The van der Waals surface area contributed by atoms with E-state index < -0.39 is 6.43 Å². The third kappa shape index (κ3) is 3.08. The fourth-order valence-electron chi connectivity index (χ4n) is 3.26. The Hall–Kier alpha value is -3.08. The lowest BCUT2D eigenvalue weighted by Gasteiger charge is -2.20. The molecule has 1 heterocycles. The van der Waals surface area contributed by atoms with Gasteiger partial charge in [0.15, 0.2) is 5.78 Å². The van der Waals surface area contributed by atoms with Crippen LogP contribution in [0.4, 0.5) is 8.78 Å². The van der Waals surface area contributed by atoms with Crippen LogP contribution in [-0.2, 0) is 11.2 Å². The van der Waals surface area contributed by atoms with Crippen LogP contribution in [0.1, 0.15) is 34.7 Å². The largest absolute Gasteiger partial charge is 0.337 e. The van der Waals surface area contributed by atoms with Crippen LogP contribution in [-0.4, -0.2) is 15.8 Å². The molecule has 0 saturated heterocycles. The molecule has 0 saturated carbocycles. The molecule has 1 aliphatic rings. The molecule has 130 valence electrons. The molecule has 1 atom stereocenters. The minimum Gasteiger partial charge on any atom is -0.337 e. The van der Waals surface area contributed by atoms with Gasteiger partial charge in [0.05, 0.1) is 12.1 Å². The van der Waals surface area contributed by atoms with Crippen molar-refractivity contribution in [1.29, 1.82) is 0 Å². The van der Waals surface area contributed by atoms with Crippen molar-refractivity contribution in [2.75, 3.05) is 0 Å². The average molecular weight is 350 g/mol. The second-order valence-corrected chi connectivity index (χ2v) is 6.31. The monoisotopic (exact) mass is 350 g/mol. The number of carbonyl (C=O) groups is 1. The number of rotatable bonds is 4. The highest BCUT2D eigenvalue weighted by Crippen LogP contribution is 2.31. The van der Waals surface area contributed by atoms with Crippen LogP contribution >= 0.6 is 0 Å². The van der Waals surface area contributed by atoms with Crippen LogP contribution in [0, 0.1) is 0 Å². The van der Waals surface area contributed by atoms with Crippen LogP contribution in [0.5, 0.6) is 0 Å². The molecule has 5 heteroatoms. The van der Waals surface area contributed by atoms with Gasteiger partial charge >= 0.3 is 0 Å². The van der Waals surface area contributed by atoms with Crippen molar-refractivity contribution in [2.45, 2.75) is 18.8 Å². The quantitative estimate of drug-likeness (QED) is 0.725. The minimum atomic E-state index is -2.57. The molecule has 3 aromatic rings. The lowest BCUT2D eigenvalue weighted by molar-refractivity contribution is -0.116. The van der Waals surface area contributed by atoms with E-state index in [9.17, 15) is 13.6 Å². The SMILES string of the molecule is O=C1C=Cc2ccccc2C1Cc1ccc(-c2ncc(C(F)F)[nH]2)cc1. The van der Waals surface area contributed by atoms with Crippen LogP contribution in [0.15, 0.2) is 60.8 Å². The molecule has 0 bridgehead atoms. The summed E-state index contributed by atoms with van der Waals surface area (Å²) in [6.07, 6.45) is 2.67. The molecule has 2 aromatic carbocycles. The number of hydrogen-bond donors (Lipinski definition) is 1. The number of H-pyrrole nitrogens is 1. The van der Waals surface area contributed by atoms with Gasteiger partial charge in [0, 0.05) is 5.56 Å². The number of hydrogen-bond acceptors (Lipinski definition) is 2. The molecule has 4 rings (SSSR count). The summed E-state index contributed by atoms with van der Waals surface area (Å²) in [7, 11) is 0. The van der Waals surface area contributed by atoms with E-state index in [0.717, 1.165) is 28.5 Å². The maximum atomic E-state index is 12.7. The molecule has 1 N–H and O–H groups in total. The fourth-order valence-corrected chi connectivity index (χ4v) is 3.26. The van der Waals surface area contributed by atoms with E-state index in [0.29, 0.717) is 12.2 Å². The summed E-state index contributed by atoms with van der Waals surface area (Å²) in [4.78, 5) is 19.0. The van der Waals surface area contributed by atoms with Crippen molar-refractivity contribution in [1.82, 2.24) is 9.97 Å². The normalized spacial score (nSPS) is 16.1. The van der Waals surface area contributed by atoms with Gasteiger partial charge in [0.2, 0.25) is 0 Å². The number of imidazole rings is 1. The zero-order chi connectivity index (χ0) is 18.1. The van der Waals surface area contributed by atoms with E-state index in [-0.39, 0.29) is 17.4 Å². The Kier molecular flexibility index (Phi) is 4.21. The number of alkyl halides is 2. The molecular formula is C21H16F2N2O. The number of allylic oxidation sites excluding steroid dienone is 1. The summed E-state index contributed by atoms with van der Waals surface area (Å²) >= 11 is 0. The highest BCUT2D eigenvalue weighted by atomic mass is 19.3. The molecule has 0 radical (unpaired) electrons. The Balaban J connectivity index is 1.56. The second-order valence-electron chi connectivity index (χ2n) is 6.31. The Morgan fingerprint density at radius 3 is 2.54 bits per heavy atom. The summed E-state index contributed by atoms with van der Waals surface area (Å²) in [5, 5.41) is 0. The molecule has 0 amide bonds. The third-order valence-electron chi connectivity index (χ3n) is 4.64. The fraction of sp³-hybridized carbons (Fsp3) is 0.143. The molecule has 1 aromatic heterocycles. The molecule has 0 spiro atoms. The first-order valence-electron chi connectivity index (χ1n) is 8.35. The molecular weight excluding hydrogens is 334 g/mol. The van der Waals surface area contributed by atoms with Crippen LogP contribution in [0.3, 0.4) is 0 Å². The van der Waals surface area contributed by atoms with E-state index in [1.165, 1.54) is 0 Å². The number of benzene rings is 2. The maximum absolute atomic E-state index is 12.7. The van der Waals surface area contributed by atoms with Gasteiger partial charge in [0.1, 0.15) is 11.5 Å². The highest BCUT2D eigenvalue weighted by molar-refractivity contribution is 6.02. The molecule has 0 fully saturated rings. The minimum absolute atomic E-state index is 0.0976. The van der Waals surface area contributed by atoms with Gasteiger partial charge in [-0.15, -0.1) is 0 Å². The predicted molar refractivity (Wildman–Crippen MR) is 95.9 cm³/mol. The van der Waals surface area contributed by atoms with Crippen molar-refractivity contribution in [3.63, 3.8) is 0 Å². The van der Waals surface area contributed by atoms with Crippen molar-refractivity contribution in [3.05, 3.63) is 83.2 Å². The summed E-state index contributed by atoms with van der Waals surface area (Å²) in [5.74, 6) is 0.311. The Bertz CT molecular complexity index is 974. The maximum Gasteiger partial charge on any atom is 0.279 e. The number of nitrogens with one attached hydrogen (secondary N) is 1. The summed E-state index contributed by atoms with van der Waals surface area (Å²) in [6.45, 7) is 0. The standard InChI is InChI=1S/C21H16F2N2O/c22-20(23)18-12-24-21(25-18)15-7-5-13(6-8-15)11-17-16-4-2-1-3-14(16)9-10-19(17)26/h1-10,12,17,20H,11H2,(H,24,25). The summed E-state index contributed by atoms with van der Waals surface area (Å²) in [5.41, 5.74) is 3.66. The van der Waals surface area contributed by atoms with Gasteiger partial charge in [0.25, 0.3) is 6.43 Å². The van der Waals surface area contributed by atoms with E-state index in [2.05, 4.69) is 9.97 Å². The van der Waals surface area contributed by atoms with Crippen LogP contribution in [0.2, 0.25) is 0 Å². The summed E-state index contributed by atoms with van der Waals surface area (Å²) < 4.78 is 25.3. The Morgan fingerprint density at radius 1 is 1.04 bits per heavy atom. The number of aromatic nitrogens is 2. The van der Waals surface area contributed by atoms with Crippen molar-refractivity contribution >= 4 is 11.9 Å². The predicted octanol–water partition coefficient (Wildman–Crippen LogP) is 4.94. The topological polar surface area (TPSA) is 45.8 Å². The number of fused-ring (bicyclic) bond motifs is 1.